The first kappa shape index (κ1) is 13.8. The van der Waals surface area contributed by atoms with E-state index in [0.29, 0.717) is 11.6 Å². The molecule has 0 fully saturated rings. The van der Waals surface area contributed by atoms with E-state index in [0.717, 1.165) is 6.07 Å². The molecule has 0 aromatic heterocycles. The van der Waals surface area contributed by atoms with Gasteiger partial charge in [-0.2, -0.15) is 13.2 Å². The summed E-state index contributed by atoms with van der Waals surface area (Å²) in [4.78, 5) is 0. The zero-order chi connectivity index (χ0) is 13.4. The summed E-state index contributed by atoms with van der Waals surface area (Å²) in [6.07, 6.45) is -4.46. The molecule has 0 amide bonds. The molecule has 5 heteroatoms. The molecule has 1 aromatic rings. The Kier molecular flexibility index (Phi) is 3.43. The lowest BCUT2D eigenvalue weighted by Gasteiger charge is -2.28. The maximum atomic E-state index is 12.4. The van der Waals surface area contributed by atoms with Crippen LogP contribution in [0, 0.1) is 5.41 Å². The highest BCUT2D eigenvalue weighted by molar-refractivity contribution is 5.40. The normalized spacial score (nSPS) is 14.8. The number of phenolic OH excluding ortho intramolecular Hbond substituents is 1. The third-order valence-electron chi connectivity index (χ3n) is 2.63. The van der Waals surface area contributed by atoms with Gasteiger partial charge < -0.3 is 10.8 Å². The van der Waals surface area contributed by atoms with E-state index in [9.17, 15) is 18.3 Å². The number of nitrogens with two attached hydrogens (primary N) is 1. The minimum atomic E-state index is -4.46. The van der Waals surface area contributed by atoms with E-state index in [1.165, 1.54) is 6.07 Å². The van der Waals surface area contributed by atoms with Crippen molar-refractivity contribution in [1.29, 1.82) is 0 Å². The van der Waals surface area contributed by atoms with E-state index >= 15 is 0 Å². The van der Waals surface area contributed by atoms with Crippen LogP contribution in [0.1, 0.15) is 37.9 Å². The number of benzene rings is 1. The van der Waals surface area contributed by atoms with Crippen molar-refractivity contribution in [3.8, 4) is 5.75 Å². The summed E-state index contributed by atoms with van der Waals surface area (Å²) in [5.41, 5.74) is 5.00. The molecule has 0 spiro atoms. The second kappa shape index (κ2) is 4.22. The number of hydrogen-bond acceptors (Lipinski definition) is 2. The highest BCUT2D eigenvalue weighted by Gasteiger charge is 2.32. The molecule has 17 heavy (non-hydrogen) atoms. The number of halogens is 3. The lowest BCUT2D eigenvalue weighted by atomic mass is 9.82. The lowest BCUT2D eigenvalue weighted by molar-refractivity contribution is -0.137. The summed E-state index contributed by atoms with van der Waals surface area (Å²) in [7, 11) is 0. The van der Waals surface area contributed by atoms with E-state index in [1.807, 2.05) is 20.8 Å². The molecule has 96 valence electrons. The Hall–Kier alpha value is -1.23. The molecule has 0 heterocycles. The van der Waals surface area contributed by atoms with Gasteiger partial charge in [-0.1, -0.05) is 26.8 Å². The van der Waals surface area contributed by atoms with Gasteiger partial charge in [0.15, 0.2) is 0 Å². The van der Waals surface area contributed by atoms with Crippen molar-refractivity contribution in [3.63, 3.8) is 0 Å². The first-order chi connectivity index (χ1) is 7.53. The van der Waals surface area contributed by atoms with Crippen LogP contribution in [0.25, 0.3) is 0 Å². The average molecular weight is 247 g/mol. The highest BCUT2D eigenvalue weighted by atomic mass is 19.4. The average Bonchev–Trinajstić information content (AvgIpc) is 2.13. The van der Waals surface area contributed by atoms with Gasteiger partial charge in [-0.3, -0.25) is 0 Å². The molecular weight excluding hydrogens is 231 g/mol. The molecule has 2 nitrogen and oxygen atoms in total. The van der Waals surface area contributed by atoms with Gasteiger partial charge >= 0.3 is 6.18 Å². The fourth-order valence-electron chi connectivity index (χ4n) is 1.45. The van der Waals surface area contributed by atoms with Crippen molar-refractivity contribution < 1.29 is 18.3 Å². The second-order valence-corrected chi connectivity index (χ2v) is 5.12. The van der Waals surface area contributed by atoms with Gasteiger partial charge in [0.2, 0.25) is 0 Å². The van der Waals surface area contributed by atoms with E-state index in [1.54, 1.807) is 0 Å². The SMILES string of the molecule is CC(C)(C)C(N)c1ccc(C(F)(F)F)cc1O. The number of rotatable bonds is 1. The molecule has 3 N–H and O–H groups in total. The van der Waals surface area contributed by atoms with Gasteiger partial charge in [-0.15, -0.1) is 0 Å². The highest BCUT2D eigenvalue weighted by Crippen LogP contribution is 2.38. The Morgan fingerprint density at radius 2 is 1.71 bits per heavy atom. The zero-order valence-electron chi connectivity index (χ0n) is 9.97. The zero-order valence-corrected chi connectivity index (χ0v) is 9.97. The van der Waals surface area contributed by atoms with Crippen LogP contribution in [0.5, 0.6) is 5.75 Å². The van der Waals surface area contributed by atoms with E-state index in [2.05, 4.69) is 0 Å². The van der Waals surface area contributed by atoms with Gasteiger partial charge in [0.25, 0.3) is 0 Å². The summed E-state index contributed by atoms with van der Waals surface area (Å²) in [5.74, 6) is -0.415. The first-order valence-corrected chi connectivity index (χ1v) is 5.19. The molecule has 0 aliphatic rings. The molecule has 0 aliphatic heterocycles. The van der Waals surface area contributed by atoms with Crippen LogP contribution in [-0.4, -0.2) is 5.11 Å². The van der Waals surface area contributed by atoms with Crippen LogP contribution in [0.15, 0.2) is 18.2 Å². The molecule has 1 atom stereocenters. The fraction of sp³-hybridized carbons (Fsp3) is 0.500. The lowest BCUT2D eigenvalue weighted by Crippen LogP contribution is -2.26. The third-order valence-corrected chi connectivity index (χ3v) is 2.63. The van der Waals surface area contributed by atoms with Crippen molar-refractivity contribution in [3.05, 3.63) is 29.3 Å². The third kappa shape index (κ3) is 3.12. The largest absolute Gasteiger partial charge is 0.508 e. The molecule has 1 aromatic carbocycles. The van der Waals surface area contributed by atoms with Crippen LogP contribution in [0.3, 0.4) is 0 Å². The summed E-state index contributed by atoms with van der Waals surface area (Å²) in [6.45, 7) is 5.57. The molecule has 0 radical (unpaired) electrons. The Morgan fingerprint density at radius 3 is 2.06 bits per heavy atom. The van der Waals surface area contributed by atoms with Crippen molar-refractivity contribution in [1.82, 2.24) is 0 Å². The van der Waals surface area contributed by atoms with Gasteiger partial charge in [0, 0.05) is 11.6 Å². The number of hydrogen-bond donors (Lipinski definition) is 2. The maximum absolute atomic E-state index is 12.4. The number of alkyl halides is 3. The molecule has 0 aliphatic carbocycles. The van der Waals surface area contributed by atoms with Gasteiger partial charge in [0.05, 0.1) is 5.56 Å². The van der Waals surface area contributed by atoms with Crippen molar-refractivity contribution in [2.45, 2.75) is 33.0 Å². The monoisotopic (exact) mass is 247 g/mol. The fourth-order valence-corrected chi connectivity index (χ4v) is 1.45. The molecule has 0 saturated heterocycles. The van der Waals surface area contributed by atoms with Gasteiger partial charge in [-0.05, 0) is 17.5 Å². The van der Waals surface area contributed by atoms with Crippen molar-refractivity contribution in [2.24, 2.45) is 11.1 Å². The topological polar surface area (TPSA) is 46.2 Å². The Bertz CT molecular complexity index is 407. The predicted molar refractivity (Wildman–Crippen MR) is 59.5 cm³/mol. The Labute approximate surface area is 98.3 Å². The van der Waals surface area contributed by atoms with Crippen LogP contribution < -0.4 is 5.73 Å². The van der Waals surface area contributed by atoms with E-state index in [-0.39, 0.29) is 5.41 Å². The predicted octanol–water partition coefficient (Wildman–Crippen LogP) is 3.46. The smallest absolute Gasteiger partial charge is 0.416 e. The minimum absolute atomic E-state index is 0.325. The van der Waals surface area contributed by atoms with Crippen LogP contribution in [-0.2, 0) is 6.18 Å². The van der Waals surface area contributed by atoms with Gasteiger partial charge in [0.1, 0.15) is 5.75 Å². The van der Waals surface area contributed by atoms with E-state index in [4.69, 9.17) is 5.73 Å². The summed E-state index contributed by atoms with van der Waals surface area (Å²) >= 11 is 0. The van der Waals surface area contributed by atoms with Crippen LogP contribution >= 0.6 is 0 Å². The van der Waals surface area contributed by atoms with Crippen LogP contribution in [0.2, 0.25) is 0 Å². The summed E-state index contributed by atoms with van der Waals surface area (Å²) in [6, 6.07) is 2.35. The molecule has 1 rings (SSSR count). The summed E-state index contributed by atoms with van der Waals surface area (Å²) < 4.78 is 37.2. The van der Waals surface area contributed by atoms with Gasteiger partial charge in [-0.25, -0.2) is 0 Å². The van der Waals surface area contributed by atoms with Crippen molar-refractivity contribution >= 4 is 0 Å². The minimum Gasteiger partial charge on any atom is -0.508 e. The quantitative estimate of drug-likeness (QED) is 0.798. The molecule has 1 unspecified atom stereocenters. The Balaban J connectivity index is 3.15. The molecule has 0 bridgehead atoms. The second-order valence-electron chi connectivity index (χ2n) is 5.12. The first-order valence-electron chi connectivity index (χ1n) is 5.19. The number of aromatic hydroxyl groups is 1. The standard InChI is InChI=1S/C12H16F3NO/c1-11(2,3)10(16)8-5-4-7(6-9(8)17)12(13,14)15/h4-6,10,17H,16H2,1-3H3. The molecular formula is C12H16F3NO. The summed E-state index contributed by atoms with van der Waals surface area (Å²) in [5, 5.41) is 9.61. The molecule has 0 saturated carbocycles. The van der Waals surface area contributed by atoms with E-state index < -0.39 is 23.5 Å². The number of phenols is 1. The Morgan fingerprint density at radius 1 is 1.18 bits per heavy atom. The maximum Gasteiger partial charge on any atom is 0.416 e. The van der Waals surface area contributed by atoms with Crippen LogP contribution in [0.4, 0.5) is 13.2 Å². The van der Waals surface area contributed by atoms with Crippen molar-refractivity contribution in [2.75, 3.05) is 0 Å².